The van der Waals surface area contributed by atoms with Crippen LogP contribution in [-0.2, 0) is 17.9 Å². The lowest BCUT2D eigenvalue weighted by atomic mass is 10.0. The number of hydrogen-bond acceptors (Lipinski definition) is 4. The van der Waals surface area contributed by atoms with Crippen LogP contribution in [0.2, 0.25) is 5.02 Å². The highest BCUT2D eigenvalue weighted by Gasteiger charge is 2.42. The van der Waals surface area contributed by atoms with Gasteiger partial charge in [0.25, 0.3) is 5.56 Å². The number of nitrogens with zero attached hydrogens (tertiary/aromatic N) is 3. The third-order valence-corrected chi connectivity index (χ3v) is 6.89. The maximum absolute atomic E-state index is 13.7. The van der Waals surface area contributed by atoms with Crippen LogP contribution in [-0.4, -0.2) is 26.9 Å². The standard InChI is InChI=1S/C28H27ClN4O2/c29-22-11-12-23-24(16-22)31-26(33(28(23)35)18-20-9-5-2-6-10-20)25-15-21(13-14-30)27(34)32(25)17-19-7-3-1-4-8-19/h1-12,16,21,25H,13-15,17-18,30H2. The molecule has 178 valence electrons. The van der Waals surface area contributed by atoms with Crippen molar-refractivity contribution in [1.82, 2.24) is 14.5 Å². The molecule has 4 aromatic rings. The number of benzene rings is 3. The summed E-state index contributed by atoms with van der Waals surface area (Å²) < 4.78 is 1.71. The van der Waals surface area contributed by atoms with Gasteiger partial charge in [0.2, 0.25) is 5.91 Å². The van der Waals surface area contributed by atoms with E-state index in [0.717, 1.165) is 11.1 Å². The lowest BCUT2D eigenvalue weighted by molar-refractivity contribution is -0.132. The molecule has 2 N–H and O–H groups in total. The van der Waals surface area contributed by atoms with Gasteiger partial charge in [0.05, 0.1) is 23.5 Å². The topological polar surface area (TPSA) is 81.2 Å². The fourth-order valence-corrected chi connectivity index (χ4v) is 5.09. The van der Waals surface area contributed by atoms with Crippen LogP contribution in [0.5, 0.6) is 0 Å². The average Bonchev–Trinajstić information content (AvgIpc) is 3.17. The molecule has 5 rings (SSSR count). The van der Waals surface area contributed by atoms with E-state index in [2.05, 4.69) is 0 Å². The first-order valence-corrected chi connectivity index (χ1v) is 12.2. The van der Waals surface area contributed by atoms with Crippen LogP contribution in [0.4, 0.5) is 0 Å². The van der Waals surface area contributed by atoms with Crippen molar-refractivity contribution in [3.8, 4) is 0 Å². The molecule has 7 heteroatoms. The van der Waals surface area contributed by atoms with Gasteiger partial charge in [0.15, 0.2) is 0 Å². The van der Waals surface area contributed by atoms with Gasteiger partial charge in [-0.25, -0.2) is 4.98 Å². The minimum Gasteiger partial charge on any atom is -0.330 e. The van der Waals surface area contributed by atoms with Crippen LogP contribution in [0, 0.1) is 5.92 Å². The molecule has 35 heavy (non-hydrogen) atoms. The molecule has 0 radical (unpaired) electrons. The number of carbonyl (C=O) groups excluding carboxylic acids is 1. The fraction of sp³-hybridized carbons (Fsp3) is 0.250. The summed E-state index contributed by atoms with van der Waals surface area (Å²) in [6.45, 7) is 1.24. The van der Waals surface area contributed by atoms with Crippen molar-refractivity contribution in [2.45, 2.75) is 32.0 Å². The molecule has 0 bridgehead atoms. The molecule has 0 aliphatic carbocycles. The second-order valence-corrected chi connectivity index (χ2v) is 9.42. The summed E-state index contributed by atoms with van der Waals surface area (Å²) in [6.07, 6.45) is 1.17. The molecular weight excluding hydrogens is 460 g/mol. The summed E-state index contributed by atoms with van der Waals surface area (Å²) in [5, 5.41) is 1.02. The molecule has 2 unspecified atom stereocenters. The molecule has 1 amide bonds. The summed E-state index contributed by atoms with van der Waals surface area (Å²) in [7, 11) is 0. The van der Waals surface area contributed by atoms with E-state index >= 15 is 0 Å². The molecule has 1 fully saturated rings. The van der Waals surface area contributed by atoms with E-state index in [1.54, 1.807) is 22.8 Å². The number of hydrogen-bond donors (Lipinski definition) is 1. The lowest BCUT2D eigenvalue weighted by Crippen LogP contribution is -2.34. The van der Waals surface area contributed by atoms with Crippen LogP contribution < -0.4 is 11.3 Å². The van der Waals surface area contributed by atoms with Crippen molar-refractivity contribution in [2.75, 3.05) is 6.54 Å². The van der Waals surface area contributed by atoms with E-state index in [4.69, 9.17) is 22.3 Å². The van der Waals surface area contributed by atoms with Gasteiger partial charge in [-0.3, -0.25) is 14.2 Å². The number of nitrogens with two attached hydrogens (primary N) is 1. The van der Waals surface area contributed by atoms with Gasteiger partial charge in [0, 0.05) is 17.5 Å². The Morgan fingerprint density at radius 1 is 0.914 bits per heavy atom. The Balaban J connectivity index is 1.66. The molecule has 2 atom stereocenters. The van der Waals surface area contributed by atoms with Gasteiger partial charge >= 0.3 is 0 Å². The number of likely N-dealkylation sites (tertiary alicyclic amines) is 1. The van der Waals surface area contributed by atoms with E-state index in [9.17, 15) is 9.59 Å². The Kier molecular flexibility index (Phi) is 6.66. The van der Waals surface area contributed by atoms with Gasteiger partial charge in [-0.1, -0.05) is 72.3 Å². The van der Waals surface area contributed by atoms with E-state index in [1.165, 1.54) is 0 Å². The fourth-order valence-electron chi connectivity index (χ4n) is 4.93. The predicted molar refractivity (Wildman–Crippen MR) is 138 cm³/mol. The zero-order valence-electron chi connectivity index (χ0n) is 19.3. The van der Waals surface area contributed by atoms with Gasteiger partial charge in [-0.05, 0) is 48.7 Å². The van der Waals surface area contributed by atoms with Gasteiger partial charge in [-0.15, -0.1) is 0 Å². The number of amides is 1. The highest BCUT2D eigenvalue weighted by molar-refractivity contribution is 6.31. The second-order valence-electron chi connectivity index (χ2n) is 8.99. The second kappa shape index (κ2) is 10.0. The minimum absolute atomic E-state index is 0.0519. The van der Waals surface area contributed by atoms with Gasteiger partial charge in [-0.2, -0.15) is 0 Å². The number of halogens is 1. The third-order valence-electron chi connectivity index (χ3n) is 6.66. The zero-order chi connectivity index (χ0) is 24.4. The van der Waals surface area contributed by atoms with Crippen LogP contribution >= 0.6 is 11.6 Å². The smallest absolute Gasteiger partial charge is 0.261 e. The Morgan fingerprint density at radius 2 is 1.57 bits per heavy atom. The van der Waals surface area contributed by atoms with Crippen LogP contribution in [0.15, 0.2) is 83.7 Å². The first-order chi connectivity index (χ1) is 17.0. The Labute approximate surface area is 209 Å². The van der Waals surface area contributed by atoms with Crippen molar-refractivity contribution < 1.29 is 4.79 Å². The lowest BCUT2D eigenvalue weighted by Gasteiger charge is -2.27. The Bertz CT molecular complexity index is 1410. The van der Waals surface area contributed by atoms with Gasteiger partial charge in [0.1, 0.15) is 5.82 Å². The molecular formula is C28H27ClN4O2. The van der Waals surface area contributed by atoms with Crippen molar-refractivity contribution in [1.29, 1.82) is 0 Å². The zero-order valence-corrected chi connectivity index (χ0v) is 20.1. The van der Waals surface area contributed by atoms with Gasteiger partial charge < -0.3 is 10.6 Å². The van der Waals surface area contributed by atoms with E-state index in [-0.39, 0.29) is 23.4 Å². The Hall–Kier alpha value is -3.48. The molecule has 1 aromatic heterocycles. The molecule has 0 saturated carbocycles. The third kappa shape index (κ3) is 4.72. The molecule has 2 heterocycles. The summed E-state index contributed by atoms with van der Waals surface area (Å²) in [4.78, 5) is 34.0. The normalized spacial score (nSPS) is 17.9. The Morgan fingerprint density at radius 3 is 2.23 bits per heavy atom. The van der Waals surface area contributed by atoms with Crippen molar-refractivity contribution in [3.63, 3.8) is 0 Å². The largest absolute Gasteiger partial charge is 0.330 e. The van der Waals surface area contributed by atoms with Crippen LogP contribution in [0.25, 0.3) is 10.9 Å². The maximum atomic E-state index is 13.7. The monoisotopic (exact) mass is 486 g/mol. The molecule has 1 aliphatic heterocycles. The van der Waals surface area contributed by atoms with E-state index < -0.39 is 0 Å². The van der Waals surface area contributed by atoms with E-state index in [1.807, 2.05) is 65.6 Å². The number of rotatable bonds is 7. The SMILES string of the molecule is NCCC1CC(c2nc3cc(Cl)ccc3c(=O)n2Cc2ccccc2)N(Cc2ccccc2)C1=O. The minimum atomic E-state index is -0.348. The first kappa shape index (κ1) is 23.3. The maximum Gasteiger partial charge on any atom is 0.261 e. The highest BCUT2D eigenvalue weighted by Crippen LogP contribution is 2.38. The van der Waals surface area contributed by atoms with Crippen LogP contribution in [0.3, 0.4) is 0 Å². The number of aromatic nitrogens is 2. The number of carbonyl (C=O) groups is 1. The van der Waals surface area contributed by atoms with E-state index in [0.29, 0.717) is 54.2 Å². The molecule has 0 spiro atoms. The van der Waals surface area contributed by atoms with Crippen molar-refractivity contribution in [2.24, 2.45) is 11.7 Å². The van der Waals surface area contributed by atoms with Crippen molar-refractivity contribution >= 4 is 28.4 Å². The first-order valence-electron chi connectivity index (χ1n) is 11.8. The molecule has 1 aliphatic rings. The molecule has 1 saturated heterocycles. The quantitative estimate of drug-likeness (QED) is 0.416. The highest BCUT2D eigenvalue weighted by atomic mass is 35.5. The molecule has 6 nitrogen and oxygen atoms in total. The average molecular weight is 487 g/mol. The summed E-state index contributed by atoms with van der Waals surface area (Å²) in [5.74, 6) is 0.430. The van der Waals surface area contributed by atoms with Crippen molar-refractivity contribution in [3.05, 3.63) is 111 Å². The number of fused-ring (bicyclic) bond motifs is 1. The summed E-state index contributed by atoms with van der Waals surface area (Å²) >= 11 is 6.25. The summed E-state index contributed by atoms with van der Waals surface area (Å²) in [6, 6.07) is 24.5. The summed E-state index contributed by atoms with van der Waals surface area (Å²) in [5.41, 5.74) is 8.26. The van der Waals surface area contributed by atoms with Crippen LogP contribution in [0.1, 0.15) is 35.8 Å². The molecule has 3 aromatic carbocycles. The predicted octanol–water partition coefficient (Wildman–Crippen LogP) is 4.54.